The molecule has 0 saturated carbocycles. The number of aliphatic imine (C=N–C) groups is 1. The summed E-state index contributed by atoms with van der Waals surface area (Å²) in [5, 5.41) is 8.97. The van der Waals surface area contributed by atoms with Crippen LogP contribution >= 0.6 is 11.3 Å². The number of amides is 1. The minimum atomic E-state index is -0.0135. The third-order valence-electron chi connectivity index (χ3n) is 4.79. The van der Waals surface area contributed by atoms with Gasteiger partial charge in [0, 0.05) is 57.0 Å². The number of hydrogen-bond acceptors (Lipinski definition) is 6. The summed E-state index contributed by atoms with van der Waals surface area (Å²) in [5.74, 6) is 1.47. The second-order valence-corrected chi connectivity index (χ2v) is 8.20. The highest BCUT2D eigenvalue weighted by atomic mass is 32.1. The van der Waals surface area contributed by atoms with Crippen molar-refractivity contribution in [2.75, 3.05) is 45.2 Å². The minimum Gasteiger partial charge on any atom is -0.356 e. The monoisotopic (exact) mass is 415 g/mol. The lowest BCUT2D eigenvalue weighted by Gasteiger charge is -2.33. The van der Waals surface area contributed by atoms with Crippen LogP contribution in [0.3, 0.4) is 0 Å². The maximum atomic E-state index is 11.9. The molecule has 0 spiro atoms. The van der Waals surface area contributed by atoms with Crippen molar-refractivity contribution in [3.05, 3.63) is 40.8 Å². The first-order valence-corrected chi connectivity index (χ1v) is 10.8. The maximum Gasteiger partial charge on any atom is 0.243 e. The van der Waals surface area contributed by atoms with E-state index in [0.717, 1.165) is 44.8 Å². The Balaban J connectivity index is 1.52. The molecule has 3 heterocycles. The van der Waals surface area contributed by atoms with Gasteiger partial charge < -0.3 is 20.4 Å². The molecule has 2 N–H and O–H groups in total. The lowest BCUT2D eigenvalue weighted by Crippen LogP contribution is -2.49. The van der Waals surface area contributed by atoms with Crippen molar-refractivity contribution in [2.45, 2.75) is 25.3 Å². The summed E-state index contributed by atoms with van der Waals surface area (Å²) >= 11 is 1.75. The zero-order valence-electron chi connectivity index (χ0n) is 17.0. The van der Waals surface area contributed by atoms with E-state index in [1.165, 1.54) is 4.88 Å². The molecule has 1 aliphatic rings. The predicted octanol–water partition coefficient (Wildman–Crippen LogP) is 1.37. The Morgan fingerprint density at radius 2 is 2.03 bits per heavy atom. The van der Waals surface area contributed by atoms with Gasteiger partial charge in [-0.15, -0.1) is 11.3 Å². The number of nitrogens with one attached hydrogen (secondary N) is 2. The number of anilines is 1. The number of likely N-dealkylation sites (N-methyl/N-ethyl adjacent to an activating group) is 1. The number of nitrogens with zero attached hydrogens (tertiary/aromatic N) is 5. The van der Waals surface area contributed by atoms with Crippen molar-refractivity contribution >= 4 is 29.2 Å². The van der Waals surface area contributed by atoms with Crippen LogP contribution in [0.15, 0.2) is 41.0 Å². The van der Waals surface area contributed by atoms with Gasteiger partial charge in [0.2, 0.25) is 11.9 Å². The fourth-order valence-electron chi connectivity index (χ4n) is 3.07. The highest BCUT2D eigenvalue weighted by molar-refractivity contribution is 7.09. The van der Waals surface area contributed by atoms with Gasteiger partial charge in [0.25, 0.3) is 0 Å². The van der Waals surface area contributed by atoms with Crippen LogP contribution in [0.2, 0.25) is 0 Å². The van der Waals surface area contributed by atoms with Gasteiger partial charge in [0.15, 0.2) is 5.96 Å². The number of aromatic nitrogens is 2. The van der Waals surface area contributed by atoms with E-state index in [9.17, 15) is 4.79 Å². The van der Waals surface area contributed by atoms with Crippen LogP contribution in [0.25, 0.3) is 0 Å². The van der Waals surface area contributed by atoms with Gasteiger partial charge in [-0.2, -0.15) is 0 Å². The first kappa shape index (κ1) is 21.0. The van der Waals surface area contributed by atoms with Gasteiger partial charge in [-0.3, -0.25) is 4.79 Å². The second-order valence-electron chi connectivity index (χ2n) is 7.16. The van der Waals surface area contributed by atoms with Crippen LogP contribution in [0.4, 0.5) is 5.95 Å². The summed E-state index contributed by atoms with van der Waals surface area (Å²) in [7, 11) is 3.49. The van der Waals surface area contributed by atoms with Crippen molar-refractivity contribution < 1.29 is 4.79 Å². The zero-order valence-corrected chi connectivity index (χ0v) is 17.9. The number of thiophene rings is 1. The van der Waals surface area contributed by atoms with Crippen LogP contribution in [-0.2, 0) is 11.2 Å². The van der Waals surface area contributed by atoms with Crippen LogP contribution in [-0.4, -0.2) is 73.1 Å². The van der Waals surface area contributed by atoms with Gasteiger partial charge >= 0.3 is 0 Å². The average Bonchev–Trinajstić information content (AvgIpc) is 3.26. The molecule has 9 heteroatoms. The normalized spacial score (nSPS) is 15.2. The summed E-state index contributed by atoms with van der Waals surface area (Å²) in [5.41, 5.74) is 0. The minimum absolute atomic E-state index is 0.0135. The molecule has 0 aliphatic carbocycles. The topological polar surface area (TPSA) is 85.8 Å². The van der Waals surface area contributed by atoms with Crippen LogP contribution in [0.1, 0.15) is 17.7 Å². The molecule has 29 heavy (non-hydrogen) atoms. The van der Waals surface area contributed by atoms with Crippen molar-refractivity contribution in [3.63, 3.8) is 0 Å². The number of carbonyl (C=O) groups is 1. The summed E-state index contributed by atoms with van der Waals surface area (Å²) in [6.45, 7) is 2.69. The molecule has 8 nitrogen and oxygen atoms in total. The number of guanidine groups is 1. The average molecular weight is 416 g/mol. The molecule has 2 aromatic heterocycles. The van der Waals surface area contributed by atoms with Crippen molar-refractivity contribution in [1.82, 2.24) is 25.5 Å². The molecule has 1 saturated heterocycles. The fraction of sp³-hybridized carbons (Fsp3) is 0.500. The number of rotatable bonds is 7. The largest absolute Gasteiger partial charge is 0.356 e. The molecule has 0 unspecified atom stereocenters. The second kappa shape index (κ2) is 10.8. The molecular formula is C20H29N7OS. The highest BCUT2D eigenvalue weighted by Gasteiger charge is 2.21. The zero-order chi connectivity index (χ0) is 20.5. The summed E-state index contributed by atoms with van der Waals surface area (Å²) in [4.78, 5) is 30.2. The van der Waals surface area contributed by atoms with E-state index in [1.807, 2.05) is 6.07 Å². The molecule has 156 valence electrons. The van der Waals surface area contributed by atoms with Crippen molar-refractivity contribution in [2.24, 2.45) is 4.99 Å². The molecule has 0 atom stereocenters. The number of carbonyl (C=O) groups excluding carboxylic acids is 1. The van der Waals surface area contributed by atoms with E-state index in [4.69, 9.17) is 0 Å². The lowest BCUT2D eigenvalue weighted by atomic mass is 10.1. The first-order chi connectivity index (χ1) is 14.1. The third kappa shape index (κ3) is 6.70. The van der Waals surface area contributed by atoms with Gasteiger partial charge in [0.05, 0.1) is 0 Å². The fourth-order valence-corrected chi connectivity index (χ4v) is 3.78. The Morgan fingerprint density at radius 1 is 1.28 bits per heavy atom. The lowest BCUT2D eigenvalue weighted by molar-refractivity contribution is -0.127. The van der Waals surface area contributed by atoms with Crippen LogP contribution in [0.5, 0.6) is 0 Å². The third-order valence-corrected chi connectivity index (χ3v) is 5.72. The Labute approximate surface area is 176 Å². The molecule has 0 aromatic carbocycles. The standard InChI is InChI=1S/C20H29N7OS/c1-26(2)18(28)15-24-19(21-11-6-17-5-3-14-29-17)25-16-7-12-27(13-8-16)20-22-9-4-10-23-20/h3-5,9-10,14,16H,6-8,11-13,15H2,1-2H3,(H2,21,24,25). The summed E-state index contributed by atoms with van der Waals surface area (Å²) in [6, 6.07) is 6.33. The van der Waals surface area contributed by atoms with E-state index >= 15 is 0 Å². The molecular weight excluding hydrogens is 386 g/mol. The Hall–Kier alpha value is -2.68. The molecule has 0 bridgehead atoms. The first-order valence-electron chi connectivity index (χ1n) is 9.91. The Morgan fingerprint density at radius 3 is 2.69 bits per heavy atom. The van der Waals surface area contributed by atoms with Gasteiger partial charge in [-0.25, -0.2) is 15.0 Å². The molecule has 2 aromatic rings. The van der Waals surface area contributed by atoms with E-state index in [0.29, 0.717) is 12.0 Å². The molecule has 0 radical (unpaired) electrons. The van der Waals surface area contributed by atoms with Gasteiger partial charge in [-0.1, -0.05) is 6.07 Å². The quantitative estimate of drug-likeness (QED) is 0.525. The smallest absolute Gasteiger partial charge is 0.243 e. The summed E-state index contributed by atoms with van der Waals surface area (Å²) in [6.07, 6.45) is 6.41. The number of hydrogen-bond donors (Lipinski definition) is 2. The Kier molecular flexibility index (Phi) is 7.80. The van der Waals surface area contributed by atoms with E-state index in [-0.39, 0.29) is 12.5 Å². The van der Waals surface area contributed by atoms with Crippen molar-refractivity contribution in [3.8, 4) is 0 Å². The van der Waals surface area contributed by atoms with Crippen LogP contribution < -0.4 is 15.5 Å². The van der Waals surface area contributed by atoms with E-state index < -0.39 is 0 Å². The SMILES string of the molecule is CN(C)C(=O)CN=C(NCCc1cccs1)NC1CCN(c2ncccn2)CC1. The predicted molar refractivity (Wildman–Crippen MR) is 117 cm³/mol. The Bertz CT molecular complexity index is 771. The summed E-state index contributed by atoms with van der Waals surface area (Å²) < 4.78 is 0. The van der Waals surface area contributed by atoms with E-state index in [1.54, 1.807) is 42.7 Å². The van der Waals surface area contributed by atoms with Crippen LogP contribution in [0, 0.1) is 0 Å². The molecule has 1 amide bonds. The molecule has 1 fully saturated rings. The van der Waals surface area contributed by atoms with Gasteiger partial charge in [-0.05, 0) is 36.8 Å². The van der Waals surface area contributed by atoms with Gasteiger partial charge in [0.1, 0.15) is 6.54 Å². The molecule has 1 aliphatic heterocycles. The highest BCUT2D eigenvalue weighted by Crippen LogP contribution is 2.15. The maximum absolute atomic E-state index is 11.9. The van der Waals surface area contributed by atoms with Crippen molar-refractivity contribution in [1.29, 1.82) is 0 Å². The number of piperidine rings is 1. The van der Waals surface area contributed by atoms with E-state index in [2.05, 4.69) is 48.0 Å². The molecule has 3 rings (SSSR count).